The van der Waals surface area contributed by atoms with Gasteiger partial charge in [0.15, 0.2) is 0 Å². The normalized spacial score (nSPS) is 16.6. The number of aromatic hydroxyl groups is 1. The van der Waals surface area contributed by atoms with Crippen molar-refractivity contribution in [3.63, 3.8) is 0 Å². The number of rotatable bonds is 2. The van der Waals surface area contributed by atoms with Gasteiger partial charge in [0.25, 0.3) is 11.1 Å². The summed E-state index contributed by atoms with van der Waals surface area (Å²) in [5.74, 6) is -0.360. The van der Waals surface area contributed by atoms with Gasteiger partial charge in [0.2, 0.25) is 0 Å². The largest absolute Gasteiger partial charge is 0.507 e. The molecule has 1 aliphatic rings. The van der Waals surface area contributed by atoms with Crippen LogP contribution in [0.5, 0.6) is 5.75 Å². The maximum Gasteiger partial charge on any atom is 0.298 e. The Kier molecular flexibility index (Phi) is 3.92. The van der Waals surface area contributed by atoms with E-state index in [-0.39, 0.29) is 15.9 Å². The number of phenols is 1. The van der Waals surface area contributed by atoms with Crippen LogP contribution in [0.15, 0.2) is 53.4 Å². The van der Waals surface area contributed by atoms with E-state index in [2.05, 4.69) is 0 Å². The van der Waals surface area contributed by atoms with Crippen LogP contribution in [0.3, 0.4) is 0 Å². The molecule has 22 heavy (non-hydrogen) atoms. The molecule has 0 atom stereocenters. The van der Waals surface area contributed by atoms with Crippen LogP contribution in [-0.4, -0.2) is 16.3 Å². The first kappa shape index (κ1) is 14.7. The molecule has 1 fully saturated rings. The first-order valence-corrected chi connectivity index (χ1v) is 7.57. The average molecular weight is 332 g/mol. The summed E-state index contributed by atoms with van der Waals surface area (Å²) in [4.78, 5) is 25.9. The van der Waals surface area contributed by atoms with Crippen LogP contribution in [0.25, 0.3) is 6.08 Å². The highest BCUT2D eigenvalue weighted by atomic mass is 35.5. The number of carbonyl (C=O) groups excluding carboxylic acids is 2. The van der Waals surface area contributed by atoms with Gasteiger partial charge in [-0.3, -0.25) is 9.59 Å². The Morgan fingerprint density at radius 1 is 1.05 bits per heavy atom. The fourth-order valence-corrected chi connectivity index (χ4v) is 2.99. The van der Waals surface area contributed by atoms with Crippen molar-refractivity contribution >= 4 is 46.3 Å². The van der Waals surface area contributed by atoms with Gasteiger partial charge in [0.05, 0.1) is 10.6 Å². The molecule has 0 bridgehead atoms. The van der Waals surface area contributed by atoms with Gasteiger partial charge in [-0.1, -0.05) is 29.8 Å². The van der Waals surface area contributed by atoms with E-state index in [1.165, 1.54) is 12.1 Å². The zero-order chi connectivity index (χ0) is 15.7. The zero-order valence-electron chi connectivity index (χ0n) is 11.2. The number of phenolic OH excluding ortho intramolecular Hbond substituents is 1. The van der Waals surface area contributed by atoms with Crippen molar-refractivity contribution in [3.05, 3.63) is 64.0 Å². The molecule has 110 valence electrons. The summed E-state index contributed by atoms with van der Waals surface area (Å²) in [7, 11) is 0. The van der Waals surface area contributed by atoms with Crippen molar-refractivity contribution in [3.8, 4) is 5.75 Å². The maximum absolute atomic E-state index is 12.4. The Morgan fingerprint density at radius 3 is 2.41 bits per heavy atom. The van der Waals surface area contributed by atoms with E-state index in [0.29, 0.717) is 16.3 Å². The predicted octanol–water partition coefficient (Wildman–Crippen LogP) is 4.29. The number of halogens is 1. The van der Waals surface area contributed by atoms with Crippen LogP contribution in [0.4, 0.5) is 10.5 Å². The van der Waals surface area contributed by atoms with E-state index in [1.54, 1.807) is 42.5 Å². The summed E-state index contributed by atoms with van der Waals surface area (Å²) in [5.41, 5.74) is 0.955. The minimum absolute atomic E-state index is 0.0563. The number of para-hydroxylation sites is 1. The molecule has 0 spiro atoms. The van der Waals surface area contributed by atoms with Gasteiger partial charge in [0, 0.05) is 10.6 Å². The Labute approximate surface area is 136 Å². The highest BCUT2D eigenvalue weighted by Gasteiger charge is 2.36. The van der Waals surface area contributed by atoms with Crippen LogP contribution >= 0.6 is 23.4 Å². The Bertz CT molecular complexity index is 786. The number of anilines is 1. The molecule has 0 aromatic heterocycles. The second-order valence-electron chi connectivity index (χ2n) is 4.55. The second-order valence-corrected chi connectivity index (χ2v) is 5.98. The summed E-state index contributed by atoms with van der Waals surface area (Å²) < 4.78 is 0. The van der Waals surface area contributed by atoms with Gasteiger partial charge >= 0.3 is 0 Å². The van der Waals surface area contributed by atoms with Crippen molar-refractivity contribution in [1.29, 1.82) is 0 Å². The van der Waals surface area contributed by atoms with E-state index < -0.39 is 5.91 Å². The molecule has 1 aliphatic heterocycles. The minimum Gasteiger partial charge on any atom is -0.507 e. The fraction of sp³-hybridized carbons (Fsp3) is 0. The van der Waals surface area contributed by atoms with Crippen LogP contribution < -0.4 is 4.90 Å². The average Bonchev–Trinajstić information content (AvgIpc) is 2.77. The highest BCUT2D eigenvalue weighted by Crippen LogP contribution is 2.36. The van der Waals surface area contributed by atoms with Crippen molar-refractivity contribution in [2.75, 3.05) is 4.90 Å². The Balaban J connectivity index is 1.95. The third-order valence-electron chi connectivity index (χ3n) is 3.10. The summed E-state index contributed by atoms with van der Waals surface area (Å²) >= 11 is 6.65. The maximum atomic E-state index is 12.4. The lowest BCUT2D eigenvalue weighted by Gasteiger charge is -2.12. The van der Waals surface area contributed by atoms with Crippen LogP contribution in [-0.2, 0) is 4.79 Å². The molecule has 0 radical (unpaired) electrons. The smallest absolute Gasteiger partial charge is 0.298 e. The molecule has 4 nitrogen and oxygen atoms in total. The van der Waals surface area contributed by atoms with Crippen molar-refractivity contribution in [1.82, 2.24) is 0 Å². The Hall–Kier alpha value is -2.24. The second kappa shape index (κ2) is 5.87. The number of hydrogen-bond acceptors (Lipinski definition) is 4. The van der Waals surface area contributed by atoms with Gasteiger partial charge in [0.1, 0.15) is 5.75 Å². The molecular weight excluding hydrogens is 322 g/mol. The van der Waals surface area contributed by atoms with Crippen LogP contribution in [0.1, 0.15) is 5.56 Å². The molecule has 0 saturated carbocycles. The van der Waals surface area contributed by atoms with Gasteiger partial charge in [-0.15, -0.1) is 0 Å². The quantitative estimate of drug-likeness (QED) is 0.834. The van der Waals surface area contributed by atoms with Crippen molar-refractivity contribution in [2.45, 2.75) is 0 Å². The molecule has 1 heterocycles. The topological polar surface area (TPSA) is 57.6 Å². The van der Waals surface area contributed by atoms with Crippen molar-refractivity contribution in [2.24, 2.45) is 0 Å². The standard InChI is InChI=1S/C16H10ClNO3S/c17-11-5-7-12(8-6-11)18-15(20)14(22-16(18)21)9-10-3-1-2-4-13(10)19/h1-9,19H/b14-9-. The number of benzene rings is 2. The molecule has 2 aromatic rings. The van der Waals surface area contributed by atoms with Gasteiger partial charge in [-0.05, 0) is 48.2 Å². The van der Waals surface area contributed by atoms with E-state index in [4.69, 9.17) is 11.6 Å². The molecule has 0 aliphatic carbocycles. The number of carbonyl (C=O) groups is 2. The minimum atomic E-state index is -0.416. The van der Waals surface area contributed by atoms with Gasteiger partial charge in [-0.2, -0.15) is 0 Å². The third kappa shape index (κ3) is 2.73. The van der Waals surface area contributed by atoms with E-state index >= 15 is 0 Å². The van der Waals surface area contributed by atoms with Gasteiger partial charge < -0.3 is 5.11 Å². The monoisotopic (exact) mass is 331 g/mol. The summed E-state index contributed by atoms with van der Waals surface area (Å²) in [6.07, 6.45) is 1.51. The summed E-state index contributed by atoms with van der Waals surface area (Å²) in [6.45, 7) is 0. The van der Waals surface area contributed by atoms with Crippen molar-refractivity contribution < 1.29 is 14.7 Å². The predicted molar refractivity (Wildman–Crippen MR) is 88.0 cm³/mol. The van der Waals surface area contributed by atoms with Crippen LogP contribution in [0.2, 0.25) is 5.02 Å². The Morgan fingerprint density at radius 2 is 1.73 bits per heavy atom. The number of amides is 2. The lowest BCUT2D eigenvalue weighted by Crippen LogP contribution is -2.27. The number of thioether (sulfide) groups is 1. The molecule has 1 saturated heterocycles. The number of nitrogens with zero attached hydrogens (tertiary/aromatic N) is 1. The van der Waals surface area contributed by atoms with Crippen LogP contribution in [0, 0.1) is 0 Å². The fourth-order valence-electron chi connectivity index (χ4n) is 2.03. The number of imide groups is 1. The first-order valence-electron chi connectivity index (χ1n) is 6.38. The molecule has 6 heteroatoms. The SMILES string of the molecule is O=C1S/C(=C\c2ccccc2O)C(=O)N1c1ccc(Cl)cc1. The van der Waals surface area contributed by atoms with E-state index in [9.17, 15) is 14.7 Å². The summed E-state index contributed by atoms with van der Waals surface area (Å²) in [5, 5.41) is 9.91. The van der Waals surface area contributed by atoms with E-state index in [1.807, 2.05) is 0 Å². The highest BCUT2D eigenvalue weighted by molar-refractivity contribution is 8.19. The number of hydrogen-bond donors (Lipinski definition) is 1. The molecular formula is C16H10ClNO3S. The molecule has 2 amide bonds. The molecule has 2 aromatic carbocycles. The lowest BCUT2D eigenvalue weighted by atomic mass is 10.2. The van der Waals surface area contributed by atoms with Gasteiger partial charge in [-0.25, -0.2) is 4.90 Å². The lowest BCUT2D eigenvalue weighted by molar-refractivity contribution is -0.113. The first-order chi connectivity index (χ1) is 10.6. The molecule has 0 unspecified atom stereocenters. The van der Waals surface area contributed by atoms with E-state index in [0.717, 1.165) is 16.7 Å². The third-order valence-corrected chi connectivity index (χ3v) is 4.22. The summed E-state index contributed by atoms with van der Waals surface area (Å²) in [6, 6.07) is 13.1. The zero-order valence-corrected chi connectivity index (χ0v) is 12.8. The molecule has 3 rings (SSSR count). The molecule has 1 N–H and O–H groups in total.